The summed E-state index contributed by atoms with van der Waals surface area (Å²) in [6, 6.07) is 0. The molecule has 0 atom stereocenters. The van der Waals surface area contributed by atoms with E-state index in [1.165, 1.54) is 31.7 Å². The second-order valence-corrected chi connectivity index (χ2v) is 6.97. The van der Waals surface area contributed by atoms with Gasteiger partial charge in [-0.3, -0.25) is 0 Å². The van der Waals surface area contributed by atoms with Gasteiger partial charge in [0.2, 0.25) is 0 Å². The number of hydrogen-bond donors (Lipinski definition) is 2. The molecular weight excluding hydrogens is 204 g/mol. The average molecular weight is 230 g/mol. The fraction of sp³-hybridized carbons (Fsp3) is 1.00. The number of nitrogens with one attached hydrogen (secondary N) is 2. The van der Waals surface area contributed by atoms with Crippen molar-refractivity contribution in [1.82, 2.24) is 10.6 Å². The minimum atomic E-state index is 0.416. The van der Waals surface area contributed by atoms with E-state index in [4.69, 9.17) is 0 Å². The second kappa shape index (κ2) is 6.77. The lowest BCUT2D eigenvalue weighted by Gasteiger charge is -2.23. The van der Waals surface area contributed by atoms with Crippen LogP contribution in [0.1, 0.15) is 33.6 Å². The van der Waals surface area contributed by atoms with Crippen LogP contribution in [0.2, 0.25) is 0 Å². The Morgan fingerprint density at radius 2 is 1.93 bits per heavy atom. The van der Waals surface area contributed by atoms with Gasteiger partial charge in [0.15, 0.2) is 0 Å². The summed E-state index contributed by atoms with van der Waals surface area (Å²) < 4.78 is 0. The molecule has 1 aliphatic heterocycles. The lowest BCUT2D eigenvalue weighted by Crippen LogP contribution is -2.31. The molecule has 1 aliphatic rings. The molecule has 0 spiro atoms. The van der Waals surface area contributed by atoms with Crippen LogP contribution in [0.4, 0.5) is 0 Å². The SMILES string of the molecule is CC(C)(C)CNCCSC1CCNCC1. The van der Waals surface area contributed by atoms with Gasteiger partial charge in [0, 0.05) is 24.1 Å². The molecule has 2 N–H and O–H groups in total. The van der Waals surface area contributed by atoms with Gasteiger partial charge in [0.1, 0.15) is 0 Å². The van der Waals surface area contributed by atoms with Crippen LogP contribution in [0.25, 0.3) is 0 Å². The number of rotatable bonds is 5. The van der Waals surface area contributed by atoms with Crippen molar-refractivity contribution in [1.29, 1.82) is 0 Å². The first-order chi connectivity index (χ1) is 7.08. The highest BCUT2D eigenvalue weighted by atomic mass is 32.2. The lowest BCUT2D eigenvalue weighted by molar-refractivity contribution is 0.385. The molecule has 90 valence electrons. The summed E-state index contributed by atoms with van der Waals surface area (Å²) in [5.74, 6) is 1.26. The van der Waals surface area contributed by atoms with Crippen molar-refractivity contribution < 1.29 is 0 Å². The van der Waals surface area contributed by atoms with Gasteiger partial charge in [-0.05, 0) is 31.3 Å². The molecule has 1 fully saturated rings. The molecule has 2 nitrogen and oxygen atoms in total. The van der Waals surface area contributed by atoms with Gasteiger partial charge in [-0.15, -0.1) is 0 Å². The van der Waals surface area contributed by atoms with Crippen LogP contribution in [0.15, 0.2) is 0 Å². The minimum Gasteiger partial charge on any atom is -0.317 e. The van der Waals surface area contributed by atoms with Crippen molar-refractivity contribution in [2.45, 2.75) is 38.9 Å². The average Bonchev–Trinajstić information content (AvgIpc) is 2.17. The fourth-order valence-electron chi connectivity index (χ4n) is 1.72. The van der Waals surface area contributed by atoms with E-state index in [1.54, 1.807) is 0 Å². The Morgan fingerprint density at radius 3 is 2.53 bits per heavy atom. The van der Waals surface area contributed by atoms with Gasteiger partial charge in [0.05, 0.1) is 0 Å². The molecule has 15 heavy (non-hydrogen) atoms. The zero-order chi connectivity index (χ0) is 11.1. The summed E-state index contributed by atoms with van der Waals surface area (Å²) in [7, 11) is 0. The van der Waals surface area contributed by atoms with Crippen molar-refractivity contribution in [2.24, 2.45) is 5.41 Å². The topological polar surface area (TPSA) is 24.1 Å². The van der Waals surface area contributed by atoms with E-state index >= 15 is 0 Å². The molecule has 0 radical (unpaired) electrons. The van der Waals surface area contributed by atoms with Gasteiger partial charge in [0.25, 0.3) is 0 Å². The summed E-state index contributed by atoms with van der Waals surface area (Å²) in [5.41, 5.74) is 0.416. The van der Waals surface area contributed by atoms with Crippen LogP contribution in [0, 0.1) is 5.41 Å². The Labute approximate surface area is 99.0 Å². The third kappa shape index (κ3) is 7.20. The Balaban J connectivity index is 1.92. The zero-order valence-electron chi connectivity index (χ0n) is 10.4. The fourth-order valence-corrected chi connectivity index (χ4v) is 2.89. The number of hydrogen-bond acceptors (Lipinski definition) is 3. The van der Waals surface area contributed by atoms with Crippen LogP contribution in [-0.2, 0) is 0 Å². The molecule has 1 saturated heterocycles. The molecule has 0 aromatic carbocycles. The van der Waals surface area contributed by atoms with Crippen molar-refractivity contribution in [3.05, 3.63) is 0 Å². The third-order valence-electron chi connectivity index (χ3n) is 2.57. The zero-order valence-corrected chi connectivity index (χ0v) is 11.3. The predicted octanol–water partition coefficient (Wildman–Crippen LogP) is 2.11. The van der Waals surface area contributed by atoms with Crippen molar-refractivity contribution in [2.75, 3.05) is 31.9 Å². The number of piperidine rings is 1. The maximum absolute atomic E-state index is 3.53. The van der Waals surface area contributed by atoms with E-state index in [0.717, 1.165) is 18.3 Å². The van der Waals surface area contributed by atoms with Gasteiger partial charge < -0.3 is 10.6 Å². The van der Waals surface area contributed by atoms with E-state index in [0.29, 0.717) is 5.41 Å². The van der Waals surface area contributed by atoms with E-state index in [9.17, 15) is 0 Å². The summed E-state index contributed by atoms with van der Waals surface area (Å²) in [6.45, 7) is 11.5. The summed E-state index contributed by atoms with van der Waals surface area (Å²) >= 11 is 2.15. The largest absolute Gasteiger partial charge is 0.317 e. The molecule has 0 aromatic heterocycles. The van der Waals surface area contributed by atoms with E-state index < -0.39 is 0 Å². The van der Waals surface area contributed by atoms with E-state index in [-0.39, 0.29) is 0 Å². The molecule has 1 heterocycles. The molecular formula is C12H26N2S. The van der Waals surface area contributed by atoms with Gasteiger partial charge in [-0.2, -0.15) is 11.8 Å². The first-order valence-corrected chi connectivity index (χ1v) is 7.16. The van der Waals surface area contributed by atoms with Crippen LogP contribution in [0.5, 0.6) is 0 Å². The van der Waals surface area contributed by atoms with E-state index in [1.807, 2.05) is 0 Å². The molecule has 0 bridgehead atoms. The summed E-state index contributed by atoms with van der Waals surface area (Å²) in [6.07, 6.45) is 2.70. The van der Waals surface area contributed by atoms with Gasteiger partial charge >= 0.3 is 0 Å². The number of thioether (sulfide) groups is 1. The van der Waals surface area contributed by atoms with Crippen LogP contribution >= 0.6 is 11.8 Å². The Kier molecular flexibility index (Phi) is 6.02. The van der Waals surface area contributed by atoms with Crippen LogP contribution < -0.4 is 10.6 Å². The van der Waals surface area contributed by atoms with Crippen molar-refractivity contribution in [3.63, 3.8) is 0 Å². The molecule has 0 aliphatic carbocycles. The maximum Gasteiger partial charge on any atom is 0.00716 e. The molecule has 0 amide bonds. The maximum atomic E-state index is 3.53. The van der Waals surface area contributed by atoms with Gasteiger partial charge in [-0.1, -0.05) is 20.8 Å². The smallest absolute Gasteiger partial charge is 0.00716 e. The van der Waals surface area contributed by atoms with Crippen molar-refractivity contribution in [3.8, 4) is 0 Å². The Bertz CT molecular complexity index is 159. The highest BCUT2D eigenvalue weighted by molar-refractivity contribution is 7.99. The highest BCUT2D eigenvalue weighted by Gasteiger charge is 2.13. The monoisotopic (exact) mass is 230 g/mol. The van der Waals surface area contributed by atoms with Crippen LogP contribution in [0.3, 0.4) is 0 Å². The molecule has 0 saturated carbocycles. The summed E-state index contributed by atoms with van der Waals surface area (Å²) in [4.78, 5) is 0. The van der Waals surface area contributed by atoms with Crippen LogP contribution in [-0.4, -0.2) is 37.2 Å². The predicted molar refractivity (Wildman–Crippen MR) is 70.7 cm³/mol. The van der Waals surface area contributed by atoms with Crippen molar-refractivity contribution >= 4 is 11.8 Å². The minimum absolute atomic E-state index is 0.416. The molecule has 3 heteroatoms. The first-order valence-electron chi connectivity index (χ1n) is 6.11. The quantitative estimate of drug-likeness (QED) is 0.707. The first kappa shape index (κ1) is 13.3. The highest BCUT2D eigenvalue weighted by Crippen LogP contribution is 2.19. The molecule has 1 rings (SSSR count). The molecule has 0 unspecified atom stereocenters. The standard InChI is InChI=1S/C12H26N2S/c1-12(2,3)10-14-8-9-15-11-4-6-13-7-5-11/h11,13-14H,4-10H2,1-3H3. The lowest BCUT2D eigenvalue weighted by atomic mass is 9.97. The molecule has 0 aromatic rings. The normalized spacial score (nSPS) is 19.4. The third-order valence-corrected chi connectivity index (χ3v) is 3.96. The second-order valence-electron chi connectivity index (χ2n) is 5.56. The Hall–Kier alpha value is 0.270. The summed E-state index contributed by atoms with van der Waals surface area (Å²) in [5, 5.41) is 7.84. The van der Waals surface area contributed by atoms with E-state index in [2.05, 4.69) is 43.2 Å². The van der Waals surface area contributed by atoms with Gasteiger partial charge in [-0.25, -0.2) is 0 Å². The Morgan fingerprint density at radius 1 is 1.27 bits per heavy atom.